The number of ether oxygens (including phenoxy) is 1. The van der Waals surface area contributed by atoms with Gasteiger partial charge in [0.05, 0.1) is 19.1 Å². The number of methoxy groups -OCH3 is 1. The van der Waals surface area contributed by atoms with Crippen LogP contribution in [0, 0.1) is 13.8 Å². The molecule has 1 aromatic carbocycles. The molecule has 10 heteroatoms. The topological polar surface area (TPSA) is 84.6 Å². The molecule has 0 unspecified atom stereocenters. The molecule has 0 bridgehead atoms. The lowest BCUT2D eigenvalue weighted by Crippen LogP contribution is -2.37. The van der Waals surface area contributed by atoms with Crippen molar-refractivity contribution >= 4 is 49.7 Å². The van der Waals surface area contributed by atoms with Gasteiger partial charge in [-0.05, 0) is 75.6 Å². The van der Waals surface area contributed by atoms with Gasteiger partial charge in [0, 0.05) is 22.5 Å². The lowest BCUT2D eigenvalue weighted by molar-refractivity contribution is -0.610. The van der Waals surface area contributed by atoms with E-state index in [-0.39, 0.29) is 5.78 Å². The molecule has 0 atom stereocenters. The van der Waals surface area contributed by atoms with Gasteiger partial charge < -0.3 is 4.74 Å². The Bertz CT molecular complexity index is 1420. The van der Waals surface area contributed by atoms with Crippen LogP contribution < -0.4 is 9.30 Å². The summed E-state index contributed by atoms with van der Waals surface area (Å²) in [5.74, 6) is 2.55. The maximum absolute atomic E-state index is 13.1. The molecule has 5 rings (SSSR count). The fourth-order valence-corrected chi connectivity index (χ4v) is 8.21. The van der Waals surface area contributed by atoms with Crippen molar-refractivity contribution < 1.29 is 14.1 Å². The molecule has 182 valence electrons. The van der Waals surface area contributed by atoms with Crippen LogP contribution in [0.4, 0.5) is 0 Å². The van der Waals surface area contributed by atoms with E-state index < -0.39 is 10.8 Å². The van der Waals surface area contributed by atoms with Crippen molar-refractivity contribution in [3.05, 3.63) is 51.8 Å². The fraction of sp³-hybridized carbons (Fsp3) is 0.400. The highest BCUT2D eigenvalue weighted by molar-refractivity contribution is 8.76. The molecule has 0 saturated heterocycles. The standard InChI is InChI=1S/C25H28N5O2S3/c1-13-19(12-33-35-23-29-28-14(2)34-23)30(9-8-20(13)32-7)22-26-17-10-15-16(11-18(17)27-22)25(5,6)21(31)24(15,3)4/h8-11H,12H2,1-7H3,(H,26,27)/q+1. The zero-order chi connectivity index (χ0) is 25.1. The van der Waals surface area contributed by atoms with Crippen molar-refractivity contribution in [1.82, 2.24) is 20.2 Å². The zero-order valence-electron chi connectivity index (χ0n) is 20.8. The Kier molecular flexibility index (Phi) is 5.96. The number of fused-ring (bicyclic) bond motifs is 2. The Hall–Kier alpha value is -2.43. The molecule has 0 amide bonds. The average molecular weight is 527 g/mol. The molecule has 7 nitrogen and oxygen atoms in total. The molecule has 1 aliphatic rings. The minimum absolute atomic E-state index is 0.246. The molecule has 0 saturated carbocycles. The third kappa shape index (κ3) is 3.95. The van der Waals surface area contributed by atoms with E-state index in [9.17, 15) is 4.79 Å². The smallest absolute Gasteiger partial charge is 0.402 e. The molecule has 0 aliphatic heterocycles. The highest BCUT2D eigenvalue weighted by Gasteiger charge is 2.50. The number of pyridine rings is 1. The number of imidazole rings is 1. The first-order valence-electron chi connectivity index (χ1n) is 11.3. The van der Waals surface area contributed by atoms with E-state index in [4.69, 9.17) is 9.72 Å². The molecule has 1 aliphatic carbocycles. The first-order valence-corrected chi connectivity index (χ1v) is 14.4. The number of H-pyrrole nitrogens is 1. The summed E-state index contributed by atoms with van der Waals surface area (Å²) in [7, 11) is 5.02. The number of carbonyl (C=O) groups is 1. The second-order valence-corrected chi connectivity index (χ2v) is 13.5. The lowest BCUT2D eigenvalue weighted by Gasteiger charge is -2.21. The van der Waals surface area contributed by atoms with Gasteiger partial charge in [0.2, 0.25) is 0 Å². The minimum atomic E-state index is -0.530. The van der Waals surface area contributed by atoms with Gasteiger partial charge >= 0.3 is 5.95 Å². The zero-order valence-corrected chi connectivity index (χ0v) is 23.3. The summed E-state index contributed by atoms with van der Waals surface area (Å²) in [5.41, 5.74) is 5.02. The molecule has 0 radical (unpaired) electrons. The van der Waals surface area contributed by atoms with Gasteiger partial charge in [0.1, 0.15) is 22.0 Å². The highest BCUT2D eigenvalue weighted by Crippen LogP contribution is 2.47. The number of hydrogen-bond donors (Lipinski definition) is 1. The summed E-state index contributed by atoms with van der Waals surface area (Å²) in [6, 6.07) is 6.14. The predicted molar refractivity (Wildman–Crippen MR) is 142 cm³/mol. The maximum Gasteiger partial charge on any atom is 0.402 e. The van der Waals surface area contributed by atoms with Crippen molar-refractivity contribution in [2.24, 2.45) is 0 Å². The van der Waals surface area contributed by atoms with Gasteiger partial charge in [-0.15, -0.1) is 10.2 Å². The van der Waals surface area contributed by atoms with Crippen LogP contribution in [0.15, 0.2) is 28.7 Å². The molecule has 4 aromatic rings. The summed E-state index contributed by atoms with van der Waals surface area (Å²) >= 11 is 1.59. The Labute approximate surface area is 216 Å². The number of aryl methyl sites for hydroxylation is 1. The third-order valence-electron chi connectivity index (χ3n) is 6.84. The van der Waals surface area contributed by atoms with E-state index in [1.54, 1.807) is 40.0 Å². The first-order chi connectivity index (χ1) is 16.5. The molecule has 35 heavy (non-hydrogen) atoms. The number of Topliss-reactive ketones (excluding diaryl/α,β-unsaturated/α-hetero) is 1. The maximum atomic E-state index is 13.1. The minimum Gasteiger partial charge on any atom is -0.496 e. The Morgan fingerprint density at radius 1 is 1.11 bits per heavy atom. The van der Waals surface area contributed by atoms with Crippen molar-refractivity contribution in [1.29, 1.82) is 0 Å². The van der Waals surface area contributed by atoms with Gasteiger partial charge in [-0.25, -0.2) is 9.55 Å². The second-order valence-electron chi connectivity index (χ2n) is 9.81. The molecular weight excluding hydrogens is 499 g/mol. The highest BCUT2D eigenvalue weighted by atomic mass is 33.1. The first kappa shape index (κ1) is 24.3. The summed E-state index contributed by atoms with van der Waals surface area (Å²) < 4.78 is 8.63. The van der Waals surface area contributed by atoms with Gasteiger partial charge in [-0.3, -0.25) is 4.79 Å². The molecular formula is C25H28N5O2S3+. The summed E-state index contributed by atoms with van der Waals surface area (Å²) in [6.45, 7) is 12.1. The Morgan fingerprint density at radius 3 is 2.49 bits per heavy atom. The second kappa shape index (κ2) is 8.60. The van der Waals surface area contributed by atoms with E-state index in [1.165, 1.54) is 0 Å². The van der Waals surface area contributed by atoms with E-state index >= 15 is 0 Å². The number of rotatable bonds is 6. The van der Waals surface area contributed by atoms with Gasteiger partial charge in [-0.1, -0.05) is 27.1 Å². The largest absolute Gasteiger partial charge is 0.496 e. The number of benzene rings is 1. The average Bonchev–Trinajstić information content (AvgIpc) is 3.46. The molecule has 0 fully saturated rings. The van der Waals surface area contributed by atoms with E-state index in [0.717, 1.165) is 60.2 Å². The van der Waals surface area contributed by atoms with E-state index in [0.29, 0.717) is 0 Å². The van der Waals surface area contributed by atoms with Gasteiger partial charge in [0.15, 0.2) is 15.6 Å². The summed E-state index contributed by atoms with van der Waals surface area (Å²) in [5, 5.41) is 9.27. The van der Waals surface area contributed by atoms with Crippen LogP contribution in [0.2, 0.25) is 0 Å². The van der Waals surface area contributed by atoms with Crippen molar-refractivity contribution in [3.63, 3.8) is 0 Å². The third-order valence-corrected chi connectivity index (χ3v) is 10.2. The predicted octanol–water partition coefficient (Wildman–Crippen LogP) is 5.39. The van der Waals surface area contributed by atoms with Gasteiger partial charge in [0.25, 0.3) is 0 Å². The SMILES string of the molecule is COc1cc[n+](-c2nc3cc4c(cc3[nH]2)C(C)(C)C(=O)C4(C)C)c(CSSc2nnc(C)s2)c1C. The number of nitrogens with zero attached hydrogens (tertiary/aromatic N) is 4. The van der Waals surface area contributed by atoms with E-state index in [1.807, 2.05) is 46.9 Å². The normalized spacial score (nSPS) is 16.1. The Balaban J connectivity index is 1.55. The molecule has 0 spiro atoms. The van der Waals surface area contributed by atoms with Crippen LogP contribution in [-0.2, 0) is 21.4 Å². The monoisotopic (exact) mass is 526 g/mol. The van der Waals surface area contributed by atoms with Crippen LogP contribution in [0.25, 0.3) is 17.0 Å². The lowest BCUT2D eigenvalue weighted by atomic mass is 9.80. The molecule has 1 N–H and O–H groups in total. The number of aromatic amines is 1. The number of ketones is 1. The molecule has 3 heterocycles. The van der Waals surface area contributed by atoms with Crippen LogP contribution in [0.3, 0.4) is 0 Å². The van der Waals surface area contributed by atoms with Gasteiger partial charge in [-0.2, -0.15) is 0 Å². The number of hydrogen-bond acceptors (Lipinski definition) is 8. The van der Waals surface area contributed by atoms with Crippen LogP contribution in [0.5, 0.6) is 5.75 Å². The number of nitrogens with one attached hydrogen (secondary N) is 1. The van der Waals surface area contributed by atoms with Crippen molar-refractivity contribution in [2.45, 2.75) is 62.5 Å². The van der Waals surface area contributed by atoms with Crippen LogP contribution in [0.1, 0.15) is 55.1 Å². The van der Waals surface area contributed by atoms with Crippen LogP contribution in [-0.4, -0.2) is 33.1 Å². The fourth-order valence-electron chi connectivity index (χ4n) is 4.94. The quantitative estimate of drug-likeness (QED) is 0.266. The Morgan fingerprint density at radius 2 is 1.83 bits per heavy atom. The van der Waals surface area contributed by atoms with Crippen LogP contribution >= 0.6 is 32.9 Å². The summed E-state index contributed by atoms with van der Waals surface area (Å²) in [4.78, 5) is 21.5. The van der Waals surface area contributed by atoms with Crippen molar-refractivity contribution in [2.75, 3.05) is 7.11 Å². The van der Waals surface area contributed by atoms with E-state index in [2.05, 4.69) is 38.8 Å². The summed E-state index contributed by atoms with van der Waals surface area (Å²) in [6.07, 6.45) is 1.99. The number of carbonyl (C=O) groups excluding carboxylic acids is 1. The van der Waals surface area contributed by atoms with Crippen molar-refractivity contribution in [3.8, 4) is 11.7 Å². The molecule has 3 aromatic heterocycles. The number of aromatic nitrogens is 5.